The number of carbonyl (C=O) groups is 1. The van der Waals surface area contributed by atoms with Gasteiger partial charge in [0.2, 0.25) is 0 Å². The molecule has 0 spiro atoms. The van der Waals surface area contributed by atoms with Crippen molar-refractivity contribution in [1.82, 2.24) is 10.3 Å². The number of aromatic nitrogens is 1. The normalized spacial score (nSPS) is 10.6. The molecule has 3 rings (SSSR count). The second-order valence-corrected chi connectivity index (χ2v) is 7.60. The number of benzene rings is 2. The lowest BCUT2D eigenvalue weighted by Crippen LogP contribution is -2.34. The molecule has 0 radical (unpaired) electrons. The van der Waals surface area contributed by atoms with Gasteiger partial charge in [-0.1, -0.05) is 29.0 Å². The van der Waals surface area contributed by atoms with Gasteiger partial charge in [0.1, 0.15) is 0 Å². The monoisotopic (exact) mass is 420 g/mol. The number of nitrogens with zero attached hydrogens (tertiary/aromatic N) is 2. The Morgan fingerprint density at radius 1 is 1.26 bits per heavy atom. The Hall–Kier alpha value is -2.62. The van der Waals surface area contributed by atoms with Gasteiger partial charge in [0.15, 0.2) is 10.2 Å². The number of halogens is 1. The van der Waals surface area contributed by atoms with Crippen molar-refractivity contribution >= 4 is 67.2 Å². The van der Waals surface area contributed by atoms with E-state index in [0.29, 0.717) is 15.7 Å². The highest BCUT2D eigenvalue weighted by molar-refractivity contribution is 7.80. The van der Waals surface area contributed by atoms with Gasteiger partial charge in [0, 0.05) is 22.2 Å². The highest BCUT2D eigenvalue weighted by Crippen LogP contribution is 2.30. The average molecular weight is 421 g/mol. The third-order valence-corrected chi connectivity index (χ3v) is 5.33. The minimum atomic E-state index is -0.546. The molecule has 1 aromatic heterocycles. The van der Waals surface area contributed by atoms with Crippen LogP contribution in [-0.4, -0.2) is 20.9 Å². The molecule has 0 saturated heterocycles. The predicted octanol–water partition coefficient (Wildman–Crippen LogP) is 4.60. The number of hydrogen-bond donors (Lipinski definition) is 2. The Kier molecular flexibility index (Phi) is 5.36. The largest absolute Gasteiger partial charge is 0.308 e. The van der Waals surface area contributed by atoms with E-state index >= 15 is 0 Å². The highest BCUT2D eigenvalue weighted by atomic mass is 35.5. The van der Waals surface area contributed by atoms with Gasteiger partial charge >= 0.3 is 0 Å². The fourth-order valence-corrected chi connectivity index (χ4v) is 3.72. The first-order valence-electron chi connectivity index (χ1n) is 7.68. The maximum atomic E-state index is 12.3. The van der Waals surface area contributed by atoms with Gasteiger partial charge in [-0.15, -0.1) is 0 Å². The molecule has 0 fully saturated rings. The van der Waals surface area contributed by atoms with Crippen LogP contribution in [-0.2, 0) is 0 Å². The number of fused-ring (bicyclic) bond motifs is 1. The van der Waals surface area contributed by atoms with Crippen LogP contribution in [0.25, 0.3) is 10.2 Å². The van der Waals surface area contributed by atoms with E-state index in [4.69, 9.17) is 23.8 Å². The summed E-state index contributed by atoms with van der Waals surface area (Å²) in [4.78, 5) is 27.2. The maximum absolute atomic E-state index is 12.3. The Morgan fingerprint density at radius 3 is 2.70 bits per heavy atom. The summed E-state index contributed by atoms with van der Waals surface area (Å²) >= 11 is 12.6. The van der Waals surface area contributed by atoms with Crippen LogP contribution in [0.4, 0.5) is 10.8 Å². The van der Waals surface area contributed by atoms with Crippen molar-refractivity contribution in [3.05, 3.63) is 62.2 Å². The highest BCUT2D eigenvalue weighted by Gasteiger charge is 2.16. The molecule has 0 saturated carbocycles. The molecule has 27 heavy (non-hydrogen) atoms. The number of nitrogens with one attached hydrogen (secondary N) is 2. The molecule has 0 unspecified atom stereocenters. The van der Waals surface area contributed by atoms with E-state index in [1.165, 1.54) is 29.5 Å². The Labute approximate surface area is 168 Å². The summed E-state index contributed by atoms with van der Waals surface area (Å²) in [5.74, 6) is -0.546. The van der Waals surface area contributed by atoms with Crippen LogP contribution in [0.15, 0.2) is 30.3 Å². The summed E-state index contributed by atoms with van der Waals surface area (Å²) < 4.78 is 0.933. The van der Waals surface area contributed by atoms with Gasteiger partial charge in [-0.3, -0.25) is 20.2 Å². The fourth-order valence-electron chi connectivity index (χ4n) is 2.35. The molecule has 1 amide bonds. The average Bonchev–Trinajstić information content (AvgIpc) is 2.95. The van der Waals surface area contributed by atoms with Crippen LogP contribution in [0.1, 0.15) is 21.5 Å². The first kappa shape index (κ1) is 19.2. The zero-order valence-corrected chi connectivity index (χ0v) is 16.6. The lowest BCUT2D eigenvalue weighted by molar-refractivity contribution is -0.385. The minimum Gasteiger partial charge on any atom is -0.308 e. The van der Waals surface area contributed by atoms with Crippen molar-refractivity contribution in [2.75, 3.05) is 5.32 Å². The number of rotatable bonds is 3. The lowest BCUT2D eigenvalue weighted by Gasteiger charge is -2.07. The van der Waals surface area contributed by atoms with Crippen LogP contribution in [0.2, 0.25) is 5.02 Å². The third kappa shape index (κ3) is 4.21. The first-order chi connectivity index (χ1) is 12.7. The molecule has 0 aliphatic heterocycles. The van der Waals surface area contributed by atoms with Crippen molar-refractivity contribution in [1.29, 1.82) is 0 Å². The molecule has 0 atom stereocenters. The number of aryl methyl sites for hydroxylation is 2. The van der Waals surface area contributed by atoms with E-state index in [0.717, 1.165) is 15.8 Å². The van der Waals surface area contributed by atoms with E-state index < -0.39 is 10.8 Å². The molecule has 0 aliphatic rings. The number of thiazole rings is 1. The van der Waals surface area contributed by atoms with Crippen molar-refractivity contribution in [3.8, 4) is 0 Å². The Balaban J connectivity index is 1.73. The number of hydrogen-bond acceptors (Lipinski definition) is 6. The van der Waals surface area contributed by atoms with E-state index in [-0.39, 0.29) is 16.4 Å². The molecule has 2 N–H and O–H groups in total. The number of anilines is 1. The second-order valence-electron chi connectivity index (χ2n) is 5.75. The number of carbonyl (C=O) groups excluding carboxylic acids is 1. The number of thiocarbonyl (C=S) groups is 1. The smallest absolute Gasteiger partial charge is 0.273 e. The molecule has 138 valence electrons. The summed E-state index contributed by atoms with van der Waals surface area (Å²) in [6.07, 6.45) is 0. The third-order valence-electron chi connectivity index (χ3n) is 3.78. The van der Waals surface area contributed by atoms with Crippen LogP contribution in [0.3, 0.4) is 0 Å². The molecule has 0 aliphatic carbocycles. The Bertz CT molecular complexity index is 1060. The zero-order valence-electron chi connectivity index (χ0n) is 14.2. The van der Waals surface area contributed by atoms with E-state index in [1.807, 2.05) is 13.0 Å². The SMILES string of the molecule is Cc1cc2sc(NC(=S)NC(=O)c3ccc(C)c([N+](=O)[O-])c3)nc2cc1Cl. The predicted molar refractivity (Wildman–Crippen MR) is 111 cm³/mol. The van der Waals surface area contributed by atoms with Gasteiger partial charge in [-0.25, -0.2) is 4.98 Å². The molecule has 7 nitrogen and oxygen atoms in total. The first-order valence-corrected chi connectivity index (χ1v) is 9.29. The maximum Gasteiger partial charge on any atom is 0.273 e. The van der Waals surface area contributed by atoms with Crippen molar-refractivity contribution < 1.29 is 9.72 Å². The molecule has 0 bridgehead atoms. The summed E-state index contributed by atoms with van der Waals surface area (Å²) in [5.41, 5.74) is 2.15. The van der Waals surface area contributed by atoms with Gasteiger partial charge in [-0.2, -0.15) is 0 Å². The van der Waals surface area contributed by atoms with Crippen LogP contribution in [0, 0.1) is 24.0 Å². The van der Waals surface area contributed by atoms with Gasteiger partial charge < -0.3 is 5.32 Å². The molecular weight excluding hydrogens is 408 g/mol. The fraction of sp³-hybridized carbons (Fsp3) is 0.118. The van der Waals surface area contributed by atoms with E-state index in [1.54, 1.807) is 13.0 Å². The van der Waals surface area contributed by atoms with E-state index in [9.17, 15) is 14.9 Å². The summed E-state index contributed by atoms with van der Waals surface area (Å²) in [6, 6.07) is 7.93. The lowest BCUT2D eigenvalue weighted by atomic mass is 10.1. The molecular formula is C17H13ClN4O3S2. The molecule has 2 aromatic carbocycles. The van der Waals surface area contributed by atoms with Gasteiger partial charge in [-0.05, 0) is 49.8 Å². The summed E-state index contributed by atoms with van der Waals surface area (Å²) in [6.45, 7) is 3.51. The molecule has 1 heterocycles. The Morgan fingerprint density at radius 2 is 2.00 bits per heavy atom. The zero-order chi connectivity index (χ0) is 19.7. The number of amides is 1. The van der Waals surface area contributed by atoms with E-state index in [2.05, 4.69) is 15.6 Å². The number of nitro groups is 1. The van der Waals surface area contributed by atoms with Gasteiger partial charge in [0.05, 0.1) is 15.1 Å². The van der Waals surface area contributed by atoms with Crippen LogP contribution in [0.5, 0.6) is 0 Å². The number of nitro benzene ring substituents is 1. The van der Waals surface area contributed by atoms with Crippen molar-refractivity contribution in [2.45, 2.75) is 13.8 Å². The molecule has 10 heteroatoms. The molecule has 3 aromatic rings. The standard InChI is InChI=1S/C17H13ClN4O3S2/c1-8-3-4-10(6-13(8)22(24)25)15(23)20-16(26)21-17-19-12-7-11(18)9(2)5-14(12)27-17/h3-7H,1-2H3,(H2,19,20,21,23,26). The minimum absolute atomic E-state index is 0.0464. The van der Waals surface area contributed by atoms with Crippen LogP contribution >= 0.6 is 35.2 Å². The second kappa shape index (κ2) is 7.55. The summed E-state index contributed by atoms with van der Waals surface area (Å²) in [5, 5.41) is 17.5. The van der Waals surface area contributed by atoms with Gasteiger partial charge in [0.25, 0.3) is 11.6 Å². The summed E-state index contributed by atoms with van der Waals surface area (Å²) in [7, 11) is 0. The van der Waals surface area contributed by atoms with Crippen molar-refractivity contribution in [3.63, 3.8) is 0 Å². The van der Waals surface area contributed by atoms with Crippen LogP contribution < -0.4 is 10.6 Å². The topological polar surface area (TPSA) is 97.2 Å². The van der Waals surface area contributed by atoms with Crippen molar-refractivity contribution in [2.24, 2.45) is 0 Å². The quantitative estimate of drug-likeness (QED) is 0.365.